The van der Waals surface area contributed by atoms with Crippen LogP contribution in [0.25, 0.3) is 11.1 Å². The first-order valence-electron chi connectivity index (χ1n) is 14.8. The quantitative estimate of drug-likeness (QED) is 0.254. The molecule has 43 heavy (non-hydrogen) atoms. The minimum absolute atomic E-state index is 0.190. The van der Waals surface area contributed by atoms with Crippen LogP contribution >= 0.6 is 0 Å². The molecule has 2 atom stereocenters. The van der Waals surface area contributed by atoms with Crippen LogP contribution in [-0.2, 0) is 22.2 Å². The van der Waals surface area contributed by atoms with Gasteiger partial charge in [-0.15, -0.1) is 0 Å². The third-order valence-electron chi connectivity index (χ3n) is 8.15. The first kappa shape index (κ1) is 30.7. The largest absolute Gasteiger partial charge is 0.494 e. The Labute approximate surface area is 250 Å². The lowest BCUT2D eigenvalue weighted by Crippen LogP contribution is -2.41. The molecular weight excluding hydrogens is 559 g/mol. The number of amides is 1. The zero-order chi connectivity index (χ0) is 30.7. The number of benzene rings is 2. The van der Waals surface area contributed by atoms with E-state index in [0.717, 1.165) is 59.8 Å². The maximum absolute atomic E-state index is 13.6. The summed E-state index contributed by atoms with van der Waals surface area (Å²) < 4.78 is 57.8. The van der Waals surface area contributed by atoms with Crippen LogP contribution in [0.2, 0.25) is 0 Å². The van der Waals surface area contributed by atoms with E-state index < -0.39 is 30.0 Å². The van der Waals surface area contributed by atoms with Gasteiger partial charge in [0.05, 0.1) is 24.8 Å². The molecular formula is C33H38F3N3O4. The first-order chi connectivity index (χ1) is 20.6. The number of carbonyl (C=O) groups excluding carboxylic acids is 1. The number of anilines is 1. The van der Waals surface area contributed by atoms with Crippen molar-refractivity contribution in [3.05, 3.63) is 77.0 Å². The van der Waals surface area contributed by atoms with Crippen molar-refractivity contribution in [2.24, 2.45) is 0 Å². The van der Waals surface area contributed by atoms with Crippen molar-refractivity contribution < 1.29 is 32.2 Å². The molecule has 0 radical (unpaired) electrons. The molecule has 0 aliphatic carbocycles. The molecule has 0 saturated carbocycles. The fourth-order valence-corrected chi connectivity index (χ4v) is 6.03. The van der Waals surface area contributed by atoms with E-state index >= 15 is 0 Å². The van der Waals surface area contributed by atoms with Gasteiger partial charge in [-0.3, -0.25) is 4.90 Å². The Bertz CT molecular complexity index is 1440. The van der Waals surface area contributed by atoms with Gasteiger partial charge in [0.1, 0.15) is 17.7 Å². The number of cyclic esters (lactones) is 1. The molecule has 2 fully saturated rings. The monoisotopic (exact) mass is 597 g/mol. The Balaban J connectivity index is 1.51. The molecule has 2 aliphatic heterocycles. The van der Waals surface area contributed by atoms with E-state index in [-0.39, 0.29) is 12.6 Å². The normalized spacial score (nSPS) is 19.4. The predicted octanol–water partition coefficient (Wildman–Crippen LogP) is 7.56. The molecule has 230 valence electrons. The van der Waals surface area contributed by atoms with Crippen molar-refractivity contribution in [1.82, 2.24) is 9.88 Å². The van der Waals surface area contributed by atoms with Gasteiger partial charge >= 0.3 is 12.3 Å². The van der Waals surface area contributed by atoms with Crippen LogP contribution in [-0.4, -0.2) is 54.4 Å². The summed E-state index contributed by atoms with van der Waals surface area (Å²) in [5.74, 6) is 1.52. The van der Waals surface area contributed by atoms with E-state index in [0.29, 0.717) is 30.9 Å². The molecule has 0 spiro atoms. The number of hydrogen-bond acceptors (Lipinski definition) is 6. The molecule has 0 bridgehead atoms. The summed E-state index contributed by atoms with van der Waals surface area (Å²) in [5, 5.41) is 0. The van der Waals surface area contributed by atoms with Crippen molar-refractivity contribution in [3.63, 3.8) is 0 Å². The van der Waals surface area contributed by atoms with Gasteiger partial charge in [0.15, 0.2) is 0 Å². The van der Waals surface area contributed by atoms with Crippen LogP contribution in [0.15, 0.2) is 54.7 Å². The van der Waals surface area contributed by atoms with Crippen LogP contribution < -0.4 is 9.64 Å². The van der Waals surface area contributed by atoms with E-state index in [9.17, 15) is 18.0 Å². The van der Waals surface area contributed by atoms with Crippen molar-refractivity contribution in [2.75, 3.05) is 31.3 Å². The number of halogens is 3. The predicted molar refractivity (Wildman–Crippen MR) is 158 cm³/mol. The van der Waals surface area contributed by atoms with Crippen LogP contribution in [0, 0.1) is 6.92 Å². The van der Waals surface area contributed by atoms with Crippen LogP contribution in [0.3, 0.4) is 0 Å². The Morgan fingerprint density at radius 1 is 1.07 bits per heavy atom. The summed E-state index contributed by atoms with van der Waals surface area (Å²) >= 11 is 0. The summed E-state index contributed by atoms with van der Waals surface area (Å²) in [6, 6.07) is 13.4. The number of hydrogen-bond donors (Lipinski definition) is 0. The maximum atomic E-state index is 13.6. The second-order valence-electron chi connectivity index (χ2n) is 11.1. The third kappa shape index (κ3) is 6.74. The lowest BCUT2D eigenvalue weighted by atomic mass is 9.98. The SMILES string of the molecule is CCOc1cccc(-c2cnc(N(CC)C3CCOCC3)c(CN3C(=O)O[C@H](c4cc(C)cc(C(F)(F)F)c4)[C@@H]3C)c2)c1. The first-order valence-corrected chi connectivity index (χ1v) is 14.8. The van der Waals surface area contributed by atoms with Crippen LogP contribution in [0.1, 0.15) is 62.0 Å². The molecule has 0 N–H and O–H groups in total. The highest BCUT2D eigenvalue weighted by Crippen LogP contribution is 2.39. The van der Waals surface area contributed by atoms with Gasteiger partial charge in [0.25, 0.3) is 0 Å². The summed E-state index contributed by atoms with van der Waals surface area (Å²) in [6.45, 7) is 10.2. The van der Waals surface area contributed by atoms with Crippen molar-refractivity contribution in [2.45, 2.75) is 71.4 Å². The summed E-state index contributed by atoms with van der Waals surface area (Å²) in [5.41, 5.74) is 2.65. The average molecular weight is 598 g/mol. The summed E-state index contributed by atoms with van der Waals surface area (Å²) in [4.78, 5) is 22.1. The molecule has 7 nitrogen and oxygen atoms in total. The number of nitrogens with zero attached hydrogens (tertiary/aromatic N) is 3. The fourth-order valence-electron chi connectivity index (χ4n) is 6.03. The number of alkyl halides is 3. The second-order valence-corrected chi connectivity index (χ2v) is 11.1. The molecule has 2 aliphatic rings. The molecule has 2 saturated heterocycles. The van der Waals surface area contributed by atoms with Crippen molar-refractivity contribution in [3.8, 4) is 16.9 Å². The second kappa shape index (κ2) is 12.8. The zero-order valence-electron chi connectivity index (χ0n) is 25.0. The van der Waals surface area contributed by atoms with E-state index in [1.54, 1.807) is 17.9 Å². The fraction of sp³-hybridized carbons (Fsp3) is 0.455. The van der Waals surface area contributed by atoms with E-state index in [1.165, 1.54) is 0 Å². The molecule has 3 aromatic rings. The smallest absolute Gasteiger partial charge is 0.416 e. The highest BCUT2D eigenvalue weighted by atomic mass is 19.4. The minimum atomic E-state index is -4.50. The number of aromatic nitrogens is 1. The molecule has 1 aromatic heterocycles. The minimum Gasteiger partial charge on any atom is -0.494 e. The lowest BCUT2D eigenvalue weighted by Gasteiger charge is -2.36. The average Bonchev–Trinajstić information content (AvgIpc) is 3.27. The Morgan fingerprint density at radius 2 is 1.84 bits per heavy atom. The van der Waals surface area contributed by atoms with E-state index in [1.807, 2.05) is 50.4 Å². The van der Waals surface area contributed by atoms with Gasteiger partial charge in [-0.2, -0.15) is 13.2 Å². The summed E-state index contributed by atoms with van der Waals surface area (Å²) in [6.07, 6.45) is -2.34. The number of carbonyl (C=O) groups is 1. The maximum Gasteiger partial charge on any atom is 0.416 e. The molecule has 0 unspecified atom stereocenters. The lowest BCUT2D eigenvalue weighted by molar-refractivity contribution is -0.137. The Morgan fingerprint density at radius 3 is 2.53 bits per heavy atom. The third-order valence-corrected chi connectivity index (χ3v) is 8.15. The highest BCUT2D eigenvalue weighted by Gasteiger charge is 2.41. The molecule has 5 rings (SSSR count). The zero-order valence-corrected chi connectivity index (χ0v) is 25.0. The van der Waals surface area contributed by atoms with Gasteiger partial charge < -0.3 is 19.1 Å². The molecule has 1 amide bonds. The van der Waals surface area contributed by atoms with E-state index in [4.69, 9.17) is 19.2 Å². The van der Waals surface area contributed by atoms with Gasteiger partial charge in [0.2, 0.25) is 0 Å². The van der Waals surface area contributed by atoms with Crippen LogP contribution in [0.5, 0.6) is 5.75 Å². The standard InChI is InChI=1S/C33H38F3N3O4/c1-5-38(28-10-12-41-13-11-28)31-26(16-25(19-37-31)23-8-7-9-29(18-23)42-6-2)20-39-22(4)30(43-32(39)40)24-14-21(3)15-27(17-24)33(34,35)36/h7-9,14-19,22,28,30H,5-6,10-13,20H2,1-4H3/t22-,30-/m0/s1. The topological polar surface area (TPSA) is 64.1 Å². The van der Waals surface area contributed by atoms with Gasteiger partial charge in [0, 0.05) is 43.1 Å². The van der Waals surface area contributed by atoms with Crippen molar-refractivity contribution >= 4 is 11.9 Å². The van der Waals surface area contributed by atoms with Gasteiger partial charge in [-0.1, -0.05) is 23.8 Å². The Hall–Kier alpha value is -3.79. The summed E-state index contributed by atoms with van der Waals surface area (Å²) in [7, 11) is 0. The van der Waals surface area contributed by atoms with Crippen molar-refractivity contribution in [1.29, 1.82) is 0 Å². The van der Waals surface area contributed by atoms with Crippen LogP contribution in [0.4, 0.5) is 23.8 Å². The molecule has 3 heterocycles. The molecule has 10 heteroatoms. The number of pyridine rings is 1. The number of rotatable bonds is 9. The highest BCUT2D eigenvalue weighted by molar-refractivity contribution is 5.72. The Kier molecular flexibility index (Phi) is 9.15. The van der Waals surface area contributed by atoms with Gasteiger partial charge in [-0.25, -0.2) is 9.78 Å². The number of aryl methyl sites for hydroxylation is 1. The van der Waals surface area contributed by atoms with Gasteiger partial charge in [-0.05, 0) is 82.0 Å². The number of ether oxygens (including phenoxy) is 3. The van der Waals surface area contributed by atoms with E-state index in [2.05, 4.69) is 11.8 Å². The molecule has 2 aromatic carbocycles.